The van der Waals surface area contributed by atoms with E-state index in [0.717, 1.165) is 25.5 Å². The number of ketones is 2. The molecular weight excluding hydrogens is 432 g/mol. The first kappa shape index (κ1) is 25.5. The summed E-state index contributed by atoms with van der Waals surface area (Å²) in [4.78, 5) is 27.7. The van der Waals surface area contributed by atoms with E-state index in [1.165, 1.54) is 32.1 Å². The number of aliphatic hydroxyl groups is 1. The van der Waals surface area contributed by atoms with Crippen LogP contribution in [-0.4, -0.2) is 16.7 Å². The van der Waals surface area contributed by atoms with Gasteiger partial charge in [-0.25, -0.2) is 0 Å². The van der Waals surface area contributed by atoms with Crippen molar-refractivity contribution in [3.05, 3.63) is 11.8 Å². The van der Waals surface area contributed by atoms with E-state index in [9.17, 15) is 14.7 Å². The Kier molecular flexibility index (Phi) is 5.45. The average molecular weight is 483 g/mol. The zero-order valence-corrected chi connectivity index (χ0v) is 23.7. The summed E-state index contributed by atoms with van der Waals surface area (Å²) < 4.78 is 0. The first-order valence-corrected chi connectivity index (χ1v) is 14.5. The maximum absolute atomic E-state index is 14.4. The van der Waals surface area contributed by atoms with Gasteiger partial charge in [0.1, 0.15) is 5.78 Å². The van der Waals surface area contributed by atoms with Gasteiger partial charge in [0.25, 0.3) is 0 Å². The van der Waals surface area contributed by atoms with E-state index >= 15 is 0 Å². The molecule has 5 fully saturated rings. The van der Waals surface area contributed by atoms with Crippen molar-refractivity contribution < 1.29 is 14.7 Å². The summed E-state index contributed by atoms with van der Waals surface area (Å²) in [5.41, 5.74) is 0.667. The zero-order valence-electron chi connectivity index (χ0n) is 23.7. The number of carbonyl (C=O) groups excluding carboxylic acids is 2. The molecule has 0 radical (unpaired) electrons. The standard InChI is InChI=1S/C32H50O3/c1-9-32-14-12-27(2,3)18-21(32)25-22(34)16-24-29(6)17-20(19-33)26(35)28(4,5)23(29)10-11-30(24,7)31(25,8)13-15-32/h19,21,23-25,33H,9-18H2,1-8H3/b20-19-/t21?,23-,24+,25?,29-,30+,31+,32+/m0/s1. The summed E-state index contributed by atoms with van der Waals surface area (Å²) in [7, 11) is 0. The van der Waals surface area contributed by atoms with Crippen molar-refractivity contribution in [2.24, 2.45) is 56.2 Å². The van der Waals surface area contributed by atoms with Crippen LogP contribution in [0.3, 0.4) is 0 Å². The monoisotopic (exact) mass is 482 g/mol. The topological polar surface area (TPSA) is 54.4 Å². The highest BCUT2D eigenvalue weighted by molar-refractivity contribution is 6.00. The largest absolute Gasteiger partial charge is 0.515 e. The van der Waals surface area contributed by atoms with Gasteiger partial charge in [-0.05, 0) is 96.2 Å². The van der Waals surface area contributed by atoms with Crippen LogP contribution in [0.2, 0.25) is 0 Å². The molecule has 0 bridgehead atoms. The van der Waals surface area contributed by atoms with Crippen molar-refractivity contribution in [2.75, 3.05) is 0 Å². The summed E-state index contributed by atoms with van der Waals surface area (Å²) in [6, 6.07) is 0. The fourth-order valence-corrected chi connectivity index (χ4v) is 11.4. The normalized spacial score (nSPS) is 51.7. The third kappa shape index (κ3) is 3.08. The number of hydrogen-bond donors (Lipinski definition) is 1. The van der Waals surface area contributed by atoms with Crippen LogP contribution in [0.1, 0.15) is 120 Å². The minimum atomic E-state index is -0.499. The molecule has 5 saturated carbocycles. The van der Waals surface area contributed by atoms with Gasteiger partial charge in [0.15, 0.2) is 5.78 Å². The Morgan fingerprint density at radius 2 is 1.54 bits per heavy atom. The van der Waals surface area contributed by atoms with Crippen molar-refractivity contribution in [2.45, 2.75) is 120 Å². The Morgan fingerprint density at radius 3 is 2.17 bits per heavy atom. The lowest BCUT2D eigenvalue weighted by Crippen LogP contribution is -2.69. The molecule has 5 aliphatic rings. The molecule has 3 nitrogen and oxygen atoms in total. The maximum atomic E-state index is 14.4. The molecule has 1 N–H and O–H groups in total. The number of fused-ring (bicyclic) bond motifs is 7. The minimum absolute atomic E-state index is 0.00638. The van der Waals surface area contributed by atoms with Gasteiger partial charge in [-0.3, -0.25) is 9.59 Å². The predicted octanol–water partition coefficient (Wildman–Crippen LogP) is 8.08. The number of allylic oxidation sites excluding steroid dienone is 1. The van der Waals surface area contributed by atoms with Gasteiger partial charge in [0, 0.05) is 23.3 Å². The van der Waals surface area contributed by atoms with Gasteiger partial charge < -0.3 is 5.11 Å². The Balaban J connectivity index is 1.61. The molecule has 0 heterocycles. The summed E-state index contributed by atoms with van der Waals surface area (Å²) in [5.74, 6) is 1.81. The van der Waals surface area contributed by atoms with Gasteiger partial charge in [-0.15, -0.1) is 0 Å². The van der Waals surface area contributed by atoms with E-state index < -0.39 is 5.41 Å². The quantitative estimate of drug-likeness (QED) is 0.303. The molecule has 196 valence electrons. The summed E-state index contributed by atoms with van der Waals surface area (Å²) in [6.07, 6.45) is 11.9. The summed E-state index contributed by atoms with van der Waals surface area (Å²) >= 11 is 0. The SMILES string of the molecule is CC[C@]12CCC(C)(C)CC1C1C(=O)C[C@@H]3[C@@]4(C)C/C(=C/O)C(=O)C(C)(C)[C@@H]4CC[C@@]3(C)[C@]1(C)CC2. The molecule has 0 aromatic rings. The highest BCUT2D eigenvalue weighted by atomic mass is 16.2. The molecule has 0 amide bonds. The van der Waals surface area contributed by atoms with Crippen LogP contribution >= 0.6 is 0 Å². The lowest BCUT2D eigenvalue weighted by atomic mass is 9.31. The molecule has 8 atom stereocenters. The molecule has 5 aliphatic carbocycles. The Hall–Kier alpha value is -1.12. The van der Waals surface area contributed by atoms with Crippen molar-refractivity contribution in [3.63, 3.8) is 0 Å². The van der Waals surface area contributed by atoms with Gasteiger partial charge in [-0.1, -0.05) is 61.8 Å². The first-order chi connectivity index (χ1) is 16.1. The smallest absolute Gasteiger partial charge is 0.167 e. The van der Waals surface area contributed by atoms with E-state index in [1.807, 2.05) is 0 Å². The van der Waals surface area contributed by atoms with Crippen LogP contribution in [0.4, 0.5) is 0 Å². The second-order valence-electron chi connectivity index (χ2n) is 15.7. The maximum Gasteiger partial charge on any atom is 0.167 e. The summed E-state index contributed by atoms with van der Waals surface area (Å²) in [6.45, 7) is 18.8. The predicted molar refractivity (Wildman–Crippen MR) is 141 cm³/mol. The lowest BCUT2D eigenvalue weighted by molar-refractivity contribution is -0.231. The van der Waals surface area contributed by atoms with Gasteiger partial charge in [0.2, 0.25) is 0 Å². The lowest BCUT2D eigenvalue weighted by Gasteiger charge is -2.72. The minimum Gasteiger partial charge on any atom is -0.515 e. The van der Waals surface area contributed by atoms with Crippen molar-refractivity contribution in [1.82, 2.24) is 0 Å². The zero-order chi connectivity index (χ0) is 25.8. The Bertz CT molecular complexity index is 973. The summed E-state index contributed by atoms with van der Waals surface area (Å²) in [5, 5.41) is 10.0. The van der Waals surface area contributed by atoms with Gasteiger partial charge in [-0.2, -0.15) is 0 Å². The van der Waals surface area contributed by atoms with E-state index in [1.54, 1.807) is 0 Å². The van der Waals surface area contributed by atoms with Crippen LogP contribution in [0.25, 0.3) is 0 Å². The Morgan fingerprint density at radius 1 is 0.886 bits per heavy atom. The molecule has 0 spiro atoms. The van der Waals surface area contributed by atoms with Crippen molar-refractivity contribution in [1.29, 1.82) is 0 Å². The third-order valence-corrected chi connectivity index (χ3v) is 13.6. The number of carbonyl (C=O) groups is 2. The molecule has 0 aromatic carbocycles. The fourth-order valence-electron chi connectivity index (χ4n) is 11.4. The molecular formula is C32H50O3. The third-order valence-electron chi connectivity index (χ3n) is 13.6. The van der Waals surface area contributed by atoms with Crippen LogP contribution in [0, 0.1) is 56.2 Å². The Labute approximate surface area is 213 Å². The highest BCUT2D eigenvalue weighted by Gasteiger charge is 2.72. The average Bonchev–Trinajstić information content (AvgIpc) is 2.77. The van der Waals surface area contributed by atoms with Gasteiger partial charge in [0.05, 0.1) is 6.26 Å². The molecule has 2 unspecified atom stereocenters. The highest BCUT2D eigenvalue weighted by Crippen LogP contribution is 2.76. The molecule has 3 heteroatoms. The first-order valence-electron chi connectivity index (χ1n) is 14.5. The molecule has 0 aliphatic heterocycles. The second kappa shape index (κ2) is 7.47. The van der Waals surface area contributed by atoms with E-state index in [-0.39, 0.29) is 39.8 Å². The number of aliphatic hydroxyl groups excluding tert-OH is 1. The molecule has 35 heavy (non-hydrogen) atoms. The van der Waals surface area contributed by atoms with E-state index in [4.69, 9.17) is 0 Å². The molecule has 5 rings (SSSR count). The van der Waals surface area contributed by atoms with Crippen molar-refractivity contribution >= 4 is 11.6 Å². The second-order valence-corrected chi connectivity index (χ2v) is 15.7. The number of rotatable bonds is 1. The van der Waals surface area contributed by atoms with Crippen LogP contribution in [0.15, 0.2) is 11.8 Å². The number of Topliss-reactive ketones (excluding diaryl/α,β-unsaturated/α-hetero) is 2. The van der Waals surface area contributed by atoms with Crippen molar-refractivity contribution in [3.8, 4) is 0 Å². The van der Waals surface area contributed by atoms with Crippen LogP contribution in [0.5, 0.6) is 0 Å². The molecule has 0 aromatic heterocycles. The van der Waals surface area contributed by atoms with Crippen LogP contribution in [-0.2, 0) is 9.59 Å². The fraction of sp³-hybridized carbons (Fsp3) is 0.875. The molecule has 0 saturated heterocycles. The van der Waals surface area contributed by atoms with Gasteiger partial charge >= 0.3 is 0 Å². The van der Waals surface area contributed by atoms with E-state index in [0.29, 0.717) is 40.9 Å². The van der Waals surface area contributed by atoms with E-state index in [2.05, 4.69) is 55.4 Å². The van der Waals surface area contributed by atoms with Crippen LogP contribution < -0.4 is 0 Å². The number of hydrogen-bond acceptors (Lipinski definition) is 3.